The molecule has 0 fully saturated rings. The molecule has 0 amide bonds. The highest BCUT2D eigenvalue weighted by Crippen LogP contribution is 2.28. The first kappa shape index (κ1) is 14.9. The van der Waals surface area contributed by atoms with Crippen LogP contribution in [0.2, 0.25) is 0 Å². The summed E-state index contributed by atoms with van der Waals surface area (Å²) in [5.74, 6) is 11.8. The standard InChI is InChI=1S/C20H14S/c1-4-7-15-9-11-19-17(6-3)16(13-14-21)10-12-20(19)18(15)8-5-2/h3,5,8-12,21H,1-2H3. The number of rotatable bonds is 1. The Balaban J connectivity index is 2.94. The van der Waals surface area contributed by atoms with Gasteiger partial charge in [0.1, 0.15) is 0 Å². The molecule has 0 aliphatic heterocycles. The van der Waals surface area contributed by atoms with Crippen molar-refractivity contribution in [3.8, 4) is 35.4 Å². The summed E-state index contributed by atoms with van der Waals surface area (Å²) >= 11 is 3.95. The van der Waals surface area contributed by atoms with Crippen molar-refractivity contribution in [2.24, 2.45) is 0 Å². The average Bonchev–Trinajstić information content (AvgIpc) is 2.50. The van der Waals surface area contributed by atoms with Gasteiger partial charge in [-0.1, -0.05) is 54.7 Å². The summed E-state index contributed by atoms with van der Waals surface area (Å²) in [6.45, 7) is 3.83. The van der Waals surface area contributed by atoms with Gasteiger partial charge in [0.25, 0.3) is 0 Å². The second kappa shape index (κ2) is 6.76. The second-order valence-corrected chi connectivity index (χ2v) is 4.59. The van der Waals surface area contributed by atoms with Crippen molar-refractivity contribution in [2.45, 2.75) is 13.8 Å². The Hall–Kier alpha value is -2.53. The number of thiol groups is 1. The molecule has 0 heterocycles. The predicted molar refractivity (Wildman–Crippen MR) is 95.0 cm³/mol. The zero-order valence-electron chi connectivity index (χ0n) is 12.0. The zero-order chi connectivity index (χ0) is 15.2. The Morgan fingerprint density at radius 2 is 1.76 bits per heavy atom. The van der Waals surface area contributed by atoms with Crippen molar-refractivity contribution < 1.29 is 0 Å². The van der Waals surface area contributed by atoms with Gasteiger partial charge >= 0.3 is 0 Å². The third-order valence-corrected chi connectivity index (χ3v) is 3.28. The van der Waals surface area contributed by atoms with Crippen LogP contribution in [0.1, 0.15) is 36.1 Å². The van der Waals surface area contributed by atoms with Crippen LogP contribution in [0.25, 0.3) is 16.8 Å². The highest BCUT2D eigenvalue weighted by atomic mass is 32.1. The summed E-state index contributed by atoms with van der Waals surface area (Å²) in [4.78, 5) is 0. The molecule has 0 unspecified atom stereocenters. The molecule has 0 aliphatic carbocycles. The number of terminal acetylenes is 1. The quantitative estimate of drug-likeness (QED) is 0.580. The minimum absolute atomic E-state index is 0.802. The molecule has 0 N–H and O–H groups in total. The molecule has 0 aromatic heterocycles. The van der Waals surface area contributed by atoms with Gasteiger partial charge in [0.2, 0.25) is 0 Å². The molecule has 1 heteroatoms. The van der Waals surface area contributed by atoms with Gasteiger partial charge in [-0.05, 0) is 47.6 Å². The fourth-order valence-corrected chi connectivity index (χ4v) is 2.46. The molecule has 2 aromatic rings. The molecule has 0 spiro atoms. The van der Waals surface area contributed by atoms with Crippen LogP contribution in [0.5, 0.6) is 0 Å². The molecule has 2 aromatic carbocycles. The molecule has 0 bridgehead atoms. The summed E-state index contributed by atoms with van der Waals surface area (Å²) in [6, 6.07) is 8.00. The van der Waals surface area contributed by atoms with Crippen LogP contribution in [-0.4, -0.2) is 0 Å². The zero-order valence-corrected chi connectivity index (χ0v) is 12.9. The van der Waals surface area contributed by atoms with E-state index in [1.807, 2.05) is 44.2 Å². The van der Waals surface area contributed by atoms with Gasteiger partial charge in [0.15, 0.2) is 0 Å². The maximum absolute atomic E-state index is 5.68. The van der Waals surface area contributed by atoms with E-state index in [1.165, 1.54) is 0 Å². The van der Waals surface area contributed by atoms with Crippen LogP contribution in [0.4, 0.5) is 0 Å². The molecule has 0 saturated heterocycles. The summed E-state index contributed by atoms with van der Waals surface area (Å²) < 4.78 is 0. The van der Waals surface area contributed by atoms with E-state index in [1.54, 1.807) is 0 Å². The third kappa shape index (κ3) is 2.83. The fourth-order valence-electron chi connectivity index (χ4n) is 2.34. The van der Waals surface area contributed by atoms with E-state index in [0.29, 0.717) is 0 Å². The summed E-state index contributed by atoms with van der Waals surface area (Å²) in [7, 11) is 0. The van der Waals surface area contributed by atoms with Crippen molar-refractivity contribution in [3.63, 3.8) is 0 Å². The molecule has 0 aliphatic rings. The van der Waals surface area contributed by atoms with Crippen LogP contribution >= 0.6 is 12.6 Å². The summed E-state index contributed by atoms with van der Waals surface area (Å²) in [5.41, 5.74) is 3.71. The minimum Gasteiger partial charge on any atom is -0.115 e. The largest absolute Gasteiger partial charge is 0.115 e. The third-order valence-electron chi connectivity index (χ3n) is 3.17. The molecular formula is C20H14S. The van der Waals surface area contributed by atoms with Crippen molar-refractivity contribution in [1.29, 1.82) is 0 Å². The number of hydrogen-bond donors (Lipinski definition) is 1. The van der Waals surface area contributed by atoms with Crippen molar-refractivity contribution in [1.82, 2.24) is 0 Å². The Bertz CT molecular complexity index is 885. The smallest absolute Gasteiger partial charge is 0.0478 e. The lowest BCUT2D eigenvalue weighted by atomic mass is 9.93. The lowest BCUT2D eigenvalue weighted by Crippen LogP contribution is -1.91. The van der Waals surface area contributed by atoms with E-state index in [9.17, 15) is 0 Å². The summed E-state index contributed by atoms with van der Waals surface area (Å²) in [5, 5.41) is 4.71. The van der Waals surface area contributed by atoms with E-state index in [4.69, 9.17) is 6.42 Å². The summed E-state index contributed by atoms with van der Waals surface area (Å²) in [6.07, 6.45) is 9.75. The minimum atomic E-state index is 0.802. The van der Waals surface area contributed by atoms with Crippen LogP contribution in [0.15, 0.2) is 30.3 Å². The molecule has 0 saturated carbocycles. The van der Waals surface area contributed by atoms with Crippen molar-refractivity contribution >= 4 is 29.5 Å². The van der Waals surface area contributed by atoms with Gasteiger partial charge in [-0.3, -0.25) is 0 Å². The number of allylic oxidation sites excluding steroid dienone is 1. The van der Waals surface area contributed by atoms with Gasteiger partial charge < -0.3 is 0 Å². The Morgan fingerprint density at radius 3 is 2.38 bits per heavy atom. The van der Waals surface area contributed by atoms with E-state index in [2.05, 4.69) is 47.6 Å². The van der Waals surface area contributed by atoms with Crippen LogP contribution in [0, 0.1) is 35.4 Å². The number of hydrogen-bond acceptors (Lipinski definition) is 1. The van der Waals surface area contributed by atoms with Gasteiger partial charge in [-0.25, -0.2) is 0 Å². The van der Waals surface area contributed by atoms with E-state index >= 15 is 0 Å². The molecule has 21 heavy (non-hydrogen) atoms. The first-order chi connectivity index (χ1) is 10.3. The lowest BCUT2D eigenvalue weighted by Gasteiger charge is -2.09. The molecule has 2 rings (SSSR count). The van der Waals surface area contributed by atoms with Crippen molar-refractivity contribution in [3.05, 3.63) is 52.6 Å². The van der Waals surface area contributed by atoms with Gasteiger partial charge in [0, 0.05) is 16.7 Å². The molecular weight excluding hydrogens is 272 g/mol. The Morgan fingerprint density at radius 1 is 1.05 bits per heavy atom. The van der Waals surface area contributed by atoms with Crippen molar-refractivity contribution in [2.75, 3.05) is 0 Å². The molecule has 0 atom stereocenters. The average molecular weight is 286 g/mol. The van der Waals surface area contributed by atoms with Gasteiger partial charge in [0.05, 0.1) is 0 Å². The maximum atomic E-state index is 5.68. The topological polar surface area (TPSA) is 0 Å². The van der Waals surface area contributed by atoms with E-state index in [0.717, 1.165) is 33.0 Å². The van der Waals surface area contributed by atoms with E-state index < -0.39 is 0 Å². The first-order valence-corrected chi connectivity index (χ1v) is 6.98. The van der Waals surface area contributed by atoms with Crippen LogP contribution in [-0.2, 0) is 0 Å². The Kier molecular flexibility index (Phi) is 4.79. The molecule has 0 radical (unpaired) electrons. The molecule has 0 nitrogen and oxygen atoms in total. The SMILES string of the molecule is C#Cc1c(C#CS)ccc2c(C=CC)c(C#CC)ccc12. The highest BCUT2D eigenvalue weighted by Gasteiger charge is 2.09. The number of fused-ring (bicyclic) bond motifs is 1. The van der Waals surface area contributed by atoms with Gasteiger partial charge in [-0.15, -0.1) is 12.3 Å². The fraction of sp³-hybridized carbons (Fsp3) is 0.100. The van der Waals surface area contributed by atoms with Crippen LogP contribution < -0.4 is 0 Å². The Labute approximate surface area is 131 Å². The lowest BCUT2D eigenvalue weighted by molar-refractivity contribution is 1.60. The predicted octanol–water partition coefficient (Wildman–Crippen LogP) is 4.46. The second-order valence-electron chi connectivity index (χ2n) is 4.37. The maximum Gasteiger partial charge on any atom is 0.0478 e. The number of benzene rings is 2. The van der Waals surface area contributed by atoms with E-state index in [-0.39, 0.29) is 0 Å². The highest BCUT2D eigenvalue weighted by molar-refractivity contribution is 7.85. The molecule has 100 valence electrons. The first-order valence-electron chi connectivity index (χ1n) is 6.53. The van der Waals surface area contributed by atoms with Crippen LogP contribution in [0.3, 0.4) is 0 Å². The monoisotopic (exact) mass is 286 g/mol. The van der Waals surface area contributed by atoms with Gasteiger partial charge in [-0.2, -0.15) is 0 Å². The normalized spacial score (nSPS) is 9.62.